The van der Waals surface area contributed by atoms with E-state index in [4.69, 9.17) is 16.3 Å². The average Bonchev–Trinajstić information content (AvgIpc) is 2.78. The van der Waals surface area contributed by atoms with Gasteiger partial charge < -0.3 is 4.74 Å². The Kier molecular flexibility index (Phi) is 3.39. The molecule has 21 heavy (non-hydrogen) atoms. The number of fused-ring (bicyclic) bond motifs is 1. The van der Waals surface area contributed by atoms with Crippen molar-refractivity contribution in [1.82, 2.24) is 4.57 Å². The molecule has 0 amide bonds. The molecule has 0 N–H and O–H groups in total. The number of hydrogen-bond acceptors (Lipinski definition) is 2. The van der Waals surface area contributed by atoms with E-state index in [1.54, 1.807) is 42.0 Å². The molecule has 0 aliphatic rings. The van der Waals surface area contributed by atoms with Crippen LogP contribution in [0.1, 0.15) is 10.4 Å². The lowest BCUT2D eigenvalue weighted by Gasteiger charge is -2.08. The number of carbonyl (C=O) groups excluding carboxylic acids is 1. The molecule has 0 atom stereocenters. The lowest BCUT2D eigenvalue weighted by molar-refractivity contribution is 0.112. The summed E-state index contributed by atoms with van der Waals surface area (Å²) in [5, 5.41) is 1.01. The monoisotopic (exact) mass is 303 g/mol. The van der Waals surface area contributed by atoms with Crippen molar-refractivity contribution < 1.29 is 13.9 Å². The second-order valence-corrected chi connectivity index (χ2v) is 4.88. The van der Waals surface area contributed by atoms with Crippen molar-refractivity contribution >= 4 is 28.8 Å². The smallest absolute Gasteiger partial charge is 0.153 e. The number of aldehydes is 1. The Balaban J connectivity index is 2.36. The zero-order valence-corrected chi connectivity index (χ0v) is 11.9. The summed E-state index contributed by atoms with van der Waals surface area (Å²) in [7, 11) is 1.56. The van der Waals surface area contributed by atoms with E-state index in [1.807, 2.05) is 0 Å². The zero-order valence-electron chi connectivity index (χ0n) is 11.1. The predicted molar refractivity (Wildman–Crippen MR) is 80.2 cm³/mol. The molecule has 0 aliphatic heterocycles. The molecule has 0 unspecified atom stereocenters. The van der Waals surface area contributed by atoms with Crippen LogP contribution in [-0.2, 0) is 0 Å². The minimum Gasteiger partial charge on any atom is -0.497 e. The fourth-order valence-electron chi connectivity index (χ4n) is 2.34. The van der Waals surface area contributed by atoms with Crippen LogP contribution in [0.3, 0.4) is 0 Å². The van der Waals surface area contributed by atoms with E-state index in [9.17, 15) is 9.18 Å². The van der Waals surface area contributed by atoms with Gasteiger partial charge in [0.05, 0.1) is 18.2 Å². The summed E-state index contributed by atoms with van der Waals surface area (Å²) in [6.07, 6.45) is 0.719. The molecule has 0 spiro atoms. The van der Waals surface area contributed by atoms with Gasteiger partial charge in [0.2, 0.25) is 0 Å². The summed E-state index contributed by atoms with van der Waals surface area (Å²) in [5.74, 6) is 0.317. The first-order valence-electron chi connectivity index (χ1n) is 6.24. The van der Waals surface area contributed by atoms with Gasteiger partial charge >= 0.3 is 0 Å². The maximum Gasteiger partial charge on any atom is 0.153 e. The summed E-state index contributed by atoms with van der Waals surface area (Å²) in [6.45, 7) is 0. The third kappa shape index (κ3) is 2.17. The molecule has 0 bridgehead atoms. The van der Waals surface area contributed by atoms with Crippen LogP contribution < -0.4 is 4.74 Å². The molecule has 3 rings (SSSR count). The van der Waals surface area contributed by atoms with Gasteiger partial charge in [-0.25, -0.2) is 4.39 Å². The Morgan fingerprint density at radius 3 is 2.52 bits per heavy atom. The fraction of sp³-hybridized carbons (Fsp3) is 0.0625. The molecule has 0 fully saturated rings. The second kappa shape index (κ2) is 5.22. The normalized spacial score (nSPS) is 10.8. The molecule has 0 radical (unpaired) electrons. The van der Waals surface area contributed by atoms with Crippen LogP contribution in [0.2, 0.25) is 5.15 Å². The third-order valence-corrected chi connectivity index (χ3v) is 3.73. The van der Waals surface area contributed by atoms with Gasteiger partial charge in [-0.15, -0.1) is 0 Å². The van der Waals surface area contributed by atoms with Gasteiger partial charge in [-0.2, -0.15) is 0 Å². The molecule has 3 nitrogen and oxygen atoms in total. The molecule has 0 saturated heterocycles. The molecule has 2 aromatic carbocycles. The van der Waals surface area contributed by atoms with Gasteiger partial charge in [-0.05, 0) is 36.4 Å². The van der Waals surface area contributed by atoms with Crippen LogP contribution in [0.15, 0.2) is 42.5 Å². The highest BCUT2D eigenvalue weighted by atomic mass is 35.5. The van der Waals surface area contributed by atoms with E-state index in [0.29, 0.717) is 22.2 Å². The number of benzene rings is 2. The highest BCUT2D eigenvalue weighted by molar-refractivity contribution is 6.34. The molecule has 0 aliphatic carbocycles. The van der Waals surface area contributed by atoms with Crippen molar-refractivity contribution in [3.8, 4) is 11.4 Å². The van der Waals surface area contributed by atoms with Gasteiger partial charge in [0.25, 0.3) is 0 Å². The number of hydrogen-bond donors (Lipinski definition) is 0. The van der Waals surface area contributed by atoms with Crippen LogP contribution in [0.25, 0.3) is 16.6 Å². The first-order valence-corrected chi connectivity index (χ1v) is 6.62. The highest BCUT2D eigenvalue weighted by Gasteiger charge is 2.17. The van der Waals surface area contributed by atoms with E-state index >= 15 is 0 Å². The molecule has 1 aromatic heterocycles. The number of rotatable bonds is 3. The van der Waals surface area contributed by atoms with E-state index in [1.165, 1.54) is 12.1 Å². The Labute approximate surface area is 125 Å². The summed E-state index contributed by atoms with van der Waals surface area (Å²) in [6, 6.07) is 11.2. The third-order valence-electron chi connectivity index (χ3n) is 3.36. The van der Waals surface area contributed by atoms with E-state index < -0.39 is 0 Å². The predicted octanol–water partition coefficient (Wildman–Crippen LogP) is 4.24. The van der Waals surface area contributed by atoms with Crippen LogP contribution in [0.4, 0.5) is 4.39 Å². The number of aromatic nitrogens is 1. The first kappa shape index (κ1) is 13.6. The number of ether oxygens (including phenoxy) is 1. The number of nitrogens with zero attached hydrogens (tertiary/aromatic N) is 1. The zero-order chi connectivity index (χ0) is 15.0. The number of carbonyl (C=O) groups is 1. The van der Waals surface area contributed by atoms with E-state index in [2.05, 4.69) is 0 Å². The number of halogens is 2. The Morgan fingerprint density at radius 2 is 1.90 bits per heavy atom. The van der Waals surface area contributed by atoms with Crippen molar-refractivity contribution in [3.05, 3.63) is 59.0 Å². The summed E-state index contributed by atoms with van der Waals surface area (Å²) < 4.78 is 20.0. The van der Waals surface area contributed by atoms with Crippen LogP contribution in [-0.4, -0.2) is 18.0 Å². The second-order valence-electron chi connectivity index (χ2n) is 4.52. The highest BCUT2D eigenvalue weighted by Crippen LogP contribution is 2.34. The summed E-state index contributed by atoms with van der Waals surface area (Å²) in [5.41, 5.74) is 1.81. The molecule has 1 heterocycles. The van der Waals surface area contributed by atoms with Crippen molar-refractivity contribution in [1.29, 1.82) is 0 Å². The van der Waals surface area contributed by atoms with Gasteiger partial charge in [0, 0.05) is 17.1 Å². The largest absolute Gasteiger partial charge is 0.497 e. The standard InChI is InChI=1S/C16H11ClFNO2/c1-21-12-6-7-13-14(9-20)16(17)19(15(13)8-12)11-4-2-10(18)3-5-11/h2-9H,1H3. The fourth-order valence-corrected chi connectivity index (χ4v) is 2.68. The van der Waals surface area contributed by atoms with Gasteiger partial charge in [0.1, 0.15) is 16.7 Å². The molecule has 0 saturated carbocycles. The summed E-state index contributed by atoms with van der Waals surface area (Å²) >= 11 is 6.32. The van der Waals surface area contributed by atoms with Crippen molar-refractivity contribution in [3.63, 3.8) is 0 Å². The molecule has 3 aromatic rings. The average molecular weight is 304 g/mol. The van der Waals surface area contributed by atoms with Crippen LogP contribution >= 0.6 is 11.6 Å². The van der Waals surface area contributed by atoms with Crippen molar-refractivity contribution in [2.45, 2.75) is 0 Å². The quantitative estimate of drug-likeness (QED) is 0.678. The first-order chi connectivity index (χ1) is 10.2. The molecular formula is C16H11ClFNO2. The minimum absolute atomic E-state index is 0.292. The minimum atomic E-state index is -0.334. The molecular weight excluding hydrogens is 293 g/mol. The maximum absolute atomic E-state index is 13.1. The van der Waals surface area contributed by atoms with Gasteiger partial charge in [0.15, 0.2) is 6.29 Å². The van der Waals surface area contributed by atoms with Gasteiger partial charge in [-0.1, -0.05) is 11.6 Å². The van der Waals surface area contributed by atoms with Crippen molar-refractivity contribution in [2.24, 2.45) is 0 Å². The maximum atomic E-state index is 13.1. The van der Waals surface area contributed by atoms with Gasteiger partial charge in [-0.3, -0.25) is 9.36 Å². The van der Waals surface area contributed by atoms with E-state index in [-0.39, 0.29) is 5.82 Å². The number of methoxy groups -OCH3 is 1. The Morgan fingerprint density at radius 1 is 1.19 bits per heavy atom. The summed E-state index contributed by atoms with van der Waals surface area (Å²) in [4.78, 5) is 11.3. The Hall–Kier alpha value is -2.33. The lowest BCUT2D eigenvalue weighted by atomic mass is 10.2. The molecule has 106 valence electrons. The molecule has 5 heteroatoms. The Bertz CT molecular complexity index is 824. The topological polar surface area (TPSA) is 31.2 Å². The van der Waals surface area contributed by atoms with Crippen LogP contribution in [0.5, 0.6) is 5.75 Å². The van der Waals surface area contributed by atoms with Crippen LogP contribution in [0, 0.1) is 5.82 Å². The SMILES string of the molecule is COc1ccc2c(C=O)c(Cl)n(-c3ccc(F)cc3)c2c1. The van der Waals surface area contributed by atoms with Crippen molar-refractivity contribution in [2.75, 3.05) is 7.11 Å². The van der Waals surface area contributed by atoms with E-state index in [0.717, 1.165) is 17.2 Å². The lowest BCUT2D eigenvalue weighted by Crippen LogP contribution is -1.94.